The first-order chi connectivity index (χ1) is 5.87. The van der Waals surface area contributed by atoms with Crippen molar-refractivity contribution in [3.05, 3.63) is 0 Å². The molecule has 2 nitrogen and oxygen atoms in total. The van der Waals surface area contributed by atoms with E-state index < -0.39 is 0 Å². The summed E-state index contributed by atoms with van der Waals surface area (Å²) < 4.78 is 5.69. The average molecular weight is 185 g/mol. The molecule has 0 aromatic carbocycles. The Morgan fingerprint density at radius 3 is 2.46 bits per heavy atom. The van der Waals surface area contributed by atoms with Gasteiger partial charge in [0, 0.05) is 18.6 Å². The quantitative estimate of drug-likeness (QED) is 0.654. The van der Waals surface area contributed by atoms with Crippen LogP contribution in [0.25, 0.3) is 0 Å². The van der Waals surface area contributed by atoms with Gasteiger partial charge in [0.25, 0.3) is 0 Å². The zero-order chi connectivity index (χ0) is 10.1. The molecule has 0 spiro atoms. The zero-order valence-corrected chi connectivity index (χ0v) is 9.68. The van der Waals surface area contributed by atoms with Gasteiger partial charge >= 0.3 is 0 Å². The third kappa shape index (κ3) is 2.68. The molecule has 0 aromatic heterocycles. The molecule has 2 heteroatoms. The monoisotopic (exact) mass is 185 g/mol. The summed E-state index contributed by atoms with van der Waals surface area (Å²) in [4.78, 5) is 2.54. The molecule has 1 aliphatic rings. The van der Waals surface area contributed by atoms with Gasteiger partial charge in [0.05, 0.1) is 12.2 Å². The van der Waals surface area contributed by atoms with Crippen molar-refractivity contribution in [2.24, 2.45) is 0 Å². The van der Waals surface area contributed by atoms with Crippen molar-refractivity contribution in [2.45, 2.75) is 52.2 Å². The molecule has 1 rings (SSSR count). The normalized spacial score (nSPS) is 24.7. The van der Waals surface area contributed by atoms with Crippen LogP contribution in [0.4, 0.5) is 0 Å². The fraction of sp³-hybridized carbons (Fsp3) is 1.00. The highest BCUT2D eigenvalue weighted by Crippen LogP contribution is 2.25. The van der Waals surface area contributed by atoms with Gasteiger partial charge in [0.2, 0.25) is 0 Å². The van der Waals surface area contributed by atoms with Crippen LogP contribution in [0.2, 0.25) is 0 Å². The number of hydrogen-bond acceptors (Lipinski definition) is 2. The van der Waals surface area contributed by atoms with Gasteiger partial charge < -0.3 is 4.74 Å². The molecule has 0 radical (unpaired) electrons. The lowest BCUT2D eigenvalue weighted by Crippen LogP contribution is -2.56. The largest absolute Gasteiger partial charge is 0.373 e. The van der Waals surface area contributed by atoms with Gasteiger partial charge in [0.15, 0.2) is 0 Å². The van der Waals surface area contributed by atoms with Crippen LogP contribution in [0.3, 0.4) is 0 Å². The molecule has 0 saturated carbocycles. The lowest BCUT2D eigenvalue weighted by Gasteiger charge is -2.46. The van der Waals surface area contributed by atoms with E-state index in [0.29, 0.717) is 5.54 Å². The maximum absolute atomic E-state index is 5.69. The first kappa shape index (κ1) is 11.0. The molecule has 0 aliphatic carbocycles. The van der Waals surface area contributed by atoms with Gasteiger partial charge in [-0.3, -0.25) is 4.90 Å². The van der Waals surface area contributed by atoms with Crippen molar-refractivity contribution in [1.29, 1.82) is 0 Å². The molecule has 1 aliphatic heterocycles. The van der Waals surface area contributed by atoms with Crippen molar-refractivity contribution in [3.8, 4) is 0 Å². The van der Waals surface area contributed by atoms with Crippen LogP contribution in [0, 0.1) is 0 Å². The Morgan fingerprint density at radius 2 is 2.00 bits per heavy atom. The predicted octanol–water partition coefficient (Wildman–Crippen LogP) is 2.29. The molecule has 13 heavy (non-hydrogen) atoms. The van der Waals surface area contributed by atoms with E-state index in [-0.39, 0.29) is 5.60 Å². The molecule has 0 bridgehead atoms. The molecule has 1 saturated heterocycles. The average Bonchev–Trinajstić information content (AvgIpc) is 2.03. The third-order valence-electron chi connectivity index (χ3n) is 3.15. The van der Waals surface area contributed by atoms with Crippen LogP contribution in [-0.2, 0) is 4.74 Å². The summed E-state index contributed by atoms with van der Waals surface area (Å²) in [6, 6.07) is 0. The number of hydrogen-bond donors (Lipinski definition) is 0. The first-order valence-electron chi connectivity index (χ1n) is 5.26. The second kappa shape index (κ2) is 3.58. The summed E-state index contributed by atoms with van der Waals surface area (Å²) in [6.07, 6.45) is 1.20. The van der Waals surface area contributed by atoms with Crippen molar-refractivity contribution in [2.75, 3.05) is 19.7 Å². The summed E-state index contributed by atoms with van der Waals surface area (Å²) in [7, 11) is 0. The summed E-state index contributed by atoms with van der Waals surface area (Å²) in [5.41, 5.74) is 0.353. The van der Waals surface area contributed by atoms with Crippen molar-refractivity contribution < 1.29 is 4.74 Å². The Labute approximate surface area is 82.3 Å². The Hall–Kier alpha value is -0.0800. The minimum absolute atomic E-state index is 0.0324. The van der Waals surface area contributed by atoms with Gasteiger partial charge in [-0.2, -0.15) is 0 Å². The van der Waals surface area contributed by atoms with E-state index in [1.807, 2.05) is 0 Å². The second-order valence-electron chi connectivity index (χ2n) is 5.20. The van der Waals surface area contributed by atoms with E-state index in [2.05, 4.69) is 39.5 Å². The van der Waals surface area contributed by atoms with Crippen LogP contribution >= 0.6 is 0 Å². The highest BCUT2D eigenvalue weighted by Gasteiger charge is 2.34. The van der Waals surface area contributed by atoms with E-state index in [4.69, 9.17) is 4.74 Å². The molecule has 78 valence electrons. The Bertz CT molecular complexity index is 175. The number of rotatable bonds is 2. The molecule has 0 N–H and O–H groups in total. The SMILES string of the molecule is CCC(C)(C)N1CCOC(C)(C)C1. The molecular weight excluding hydrogens is 162 g/mol. The number of nitrogens with zero attached hydrogens (tertiary/aromatic N) is 1. The maximum atomic E-state index is 5.69. The molecule has 0 aromatic rings. The minimum atomic E-state index is 0.0324. The fourth-order valence-electron chi connectivity index (χ4n) is 1.76. The van der Waals surface area contributed by atoms with Gasteiger partial charge in [0.1, 0.15) is 0 Å². The molecule has 0 atom stereocenters. The highest BCUT2D eigenvalue weighted by molar-refractivity contribution is 4.88. The number of morpholine rings is 1. The standard InChI is InChI=1S/C11H23NO/c1-6-10(2,3)12-7-8-13-11(4,5)9-12/h6-9H2,1-5H3. The van der Waals surface area contributed by atoms with Gasteiger partial charge in [-0.25, -0.2) is 0 Å². The second-order valence-corrected chi connectivity index (χ2v) is 5.20. The van der Waals surface area contributed by atoms with Crippen LogP contribution in [0.1, 0.15) is 41.0 Å². The molecule has 1 fully saturated rings. The maximum Gasteiger partial charge on any atom is 0.0753 e. The molecule has 1 heterocycles. The summed E-state index contributed by atoms with van der Waals surface area (Å²) in [6.45, 7) is 14.2. The lowest BCUT2D eigenvalue weighted by molar-refractivity contribution is -0.111. The first-order valence-corrected chi connectivity index (χ1v) is 5.26. The van der Waals surface area contributed by atoms with E-state index in [9.17, 15) is 0 Å². The van der Waals surface area contributed by atoms with Crippen LogP contribution < -0.4 is 0 Å². The molecular formula is C11H23NO. The topological polar surface area (TPSA) is 12.5 Å². The van der Waals surface area contributed by atoms with Gasteiger partial charge in [-0.15, -0.1) is 0 Å². The van der Waals surface area contributed by atoms with Crippen LogP contribution in [-0.4, -0.2) is 35.7 Å². The Morgan fingerprint density at radius 1 is 1.38 bits per heavy atom. The van der Waals surface area contributed by atoms with Crippen LogP contribution in [0.5, 0.6) is 0 Å². The van der Waals surface area contributed by atoms with Gasteiger partial charge in [-0.05, 0) is 34.1 Å². The highest BCUT2D eigenvalue weighted by atomic mass is 16.5. The minimum Gasteiger partial charge on any atom is -0.373 e. The number of ether oxygens (including phenoxy) is 1. The van der Waals surface area contributed by atoms with E-state index in [0.717, 1.165) is 19.7 Å². The zero-order valence-electron chi connectivity index (χ0n) is 9.68. The fourth-order valence-corrected chi connectivity index (χ4v) is 1.76. The lowest BCUT2D eigenvalue weighted by atomic mass is 9.95. The van der Waals surface area contributed by atoms with Crippen LogP contribution in [0.15, 0.2) is 0 Å². The van der Waals surface area contributed by atoms with Gasteiger partial charge in [-0.1, -0.05) is 6.92 Å². The molecule has 0 amide bonds. The summed E-state index contributed by atoms with van der Waals surface area (Å²) >= 11 is 0. The van der Waals surface area contributed by atoms with Crippen molar-refractivity contribution in [1.82, 2.24) is 4.90 Å². The van der Waals surface area contributed by atoms with E-state index >= 15 is 0 Å². The smallest absolute Gasteiger partial charge is 0.0753 e. The van der Waals surface area contributed by atoms with E-state index in [1.54, 1.807) is 0 Å². The predicted molar refractivity (Wildman–Crippen MR) is 56.0 cm³/mol. The van der Waals surface area contributed by atoms with Crippen molar-refractivity contribution >= 4 is 0 Å². The van der Waals surface area contributed by atoms with E-state index in [1.165, 1.54) is 6.42 Å². The summed E-state index contributed by atoms with van der Waals surface area (Å²) in [5, 5.41) is 0. The Balaban J connectivity index is 2.61. The Kier molecular flexibility index (Phi) is 3.03. The molecule has 0 unspecified atom stereocenters. The van der Waals surface area contributed by atoms with Crippen molar-refractivity contribution in [3.63, 3.8) is 0 Å². The third-order valence-corrected chi connectivity index (χ3v) is 3.15. The summed E-state index contributed by atoms with van der Waals surface area (Å²) in [5.74, 6) is 0.